The topological polar surface area (TPSA) is 55.6 Å². The van der Waals surface area contributed by atoms with Gasteiger partial charge in [-0.15, -0.1) is 0 Å². The normalized spacial score (nSPS) is 21.9. The van der Waals surface area contributed by atoms with E-state index < -0.39 is 0 Å². The number of carbonyl (C=O) groups is 1. The monoisotopic (exact) mass is 312 g/mol. The quantitative estimate of drug-likeness (QED) is 0.930. The van der Waals surface area contributed by atoms with Crippen molar-refractivity contribution in [1.82, 2.24) is 4.90 Å². The minimum atomic E-state index is -0.191. The van der Waals surface area contributed by atoms with Crippen LogP contribution in [0.1, 0.15) is 30.9 Å². The summed E-state index contributed by atoms with van der Waals surface area (Å²) >= 11 is 0. The first-order valence-corrected chi connectivity index (χ1v) is 8.25. The molecule has 0 bridgehead atoms. The average Bonchev–Trinajstić information content (AvgIpc) is 3.15. The molecule has 2 N–H and O–H groups in total. The summed E-state index contributed by atoms with van der Waals surface area (Å²) in [5.41, 5.74) is 8.44. The van der Waals surface area contributed by atoms with Crippen LogP contribution in [-0.4, -0.2) is 31.0 Å². The van der Waals surface area contributed by atoms with Crippen molar-refractivity contribution in [1.29, 1.82) is 0 Å². The lowest BCUT2D eigenvalue weighted by atomic mass is 9.90. The van der Waals surface area contributed by atoms with Gasteiger partial charge in [0.15, 0.2) is 0 Å². The lowest BCUT2D eigenvalue weighted by Crippen LogP contribution is -2.33. The van der Waals surface area contributed by atoms with Crippen LogP contribution in [-0.2, 0) is 4.79 Å². The highest BCUT2D eigenvalue weighted by Crippen LogP contribution is 2.29. The molecule has 23 heavy (non-hydrogen) atoms. The molecule has 0 radical (unpaired) electrons. The Hall–Kier alpha value is -2.07. The first-order valence-electron chi connectivity index (χ1n) is 8.25. The van der Waals surface area contributed by atoms with Crippen LogP contribution in [0, 0.1) is 5.92 Å². The van der Waals surface area contributed by atoms with E-state index in [4.69, 9.17) is 10.5 Å². The summed E-state index contributed by atoms with van der Waals surface area (Å²) in [6.07, 6.45) is 9.11. The van der Waals surface area contributed by atoms with E-state index in [0.717, 1.165) is 49.2 Å². The van der Waals surface area contributed by atoms with Gasteiger partial charge >= 0.3 is 0 Å². The smallest absolute Gasteiger partial charge is 0.229 e. The van der Waals surface area contributed by atoms with Crippen molar-refractivity contribution >= 4 is 5.91 Å². The van der Waals surface area contributed by atoms with Crippen molar-refractivity contribution in [2.24, 2.45) is 11.7 Å². The molecule has 1 heterocycles. The molecule has 2 atom stereocenters. The molecule has 0 spiro atoms. The molecule has 1 saturated heterocycles. The molecule has 122 valence electrons. The predicted molar refractivity (Wildman–Crippen MR) is 91.1 cm³/mol. The van der Waals surface area contributed by atoms with E-state index in [1.807, 2.05) is 41.3 Å². The van der Waals surface area contributed by atoms with Gasteiger partial charge in [-0.05, 0) is 42.5 Å². The number of methoxy groups -OCH3 is 1. The molecule has 1 aromatic carbocycles. The van der Waals surface area contributed by atoms with E-state index in [1.54, 1.807) is 7.11 Å². The lowest BCUT2D eigenvalue weighted by molar-refractivity contribution is -0.132. The third-order valence-electron chi connectivity index (χ3n) is 4.68. The van der Waals surface area contributed by atoms with Crippen molar-refractivity contribution in [2.75, 3.05) is 20.2 Å². The highest BCUT2D eigenvalue weighted by molar-refractivity contribution is 5.81. The number of rotatable bonds is 4. The van der Waals surface area contributed by atoms with Gasteiger partial charge < -0.3 is 15.4 Å². The standard InChI is InChI=1S/C19H24N2O2/c1-23-17-6-4-5-16(13-17)18(20)14-7-9-15(10-8-14)19(22)21-11-2-3-12-21/h4-9,13,15,18H,2-3,10-12,20H2,1H3. The molecule has 1 aliphatic heterocycles. The highest BCUT2D eigenvalue weighted by atomic mass is 16.5. The number of carbonyl (C=O) groups excluding carboxylic acids is 1. The number of ether oxygens (including phenoxy) is 1. The zero-order valence-electron chi connectivity index (χ0n) is 13.6. The number of nitrogens with zero attached hydrogens (tertiary/aromatic N) is 1. The van der Waals surface area contributed by atoms with E-state index in [9.17, 15) is 4.79 Å². The molecule has 2 unspecified atom stereocenters. The van der Waals surface area contributed by atoms with Gasteiger partial charge in [0.25, 0.3) is 0 Å². The molecule has 0 aromatic heterocycles. The molecule has 1 fully saturated rings. The Morgan fingerprint density at radius 1 is 1.35 bits per heavy atom. The van der Waals surface area contributed by atoms with Crippen LogP contribution in [0.15, 0.2) is 48.1 Å². The molecular formula is C19H24N2O2. The zero-order chi connectivity index (χ0) is 16.2. The molecule has 1 aliphatic carbocycles. The first kappa shape index (κ1) is 15.8. The van der Waals surface area contributed by atoms with Crippen LogP contribution in [0.2, 0.25) is 0 Å². The Morgan fingerprint density at radius 3 is 2.78 bits per heavy atom. The van der Waals surface area contributed by atoms with Crippen molar-refractivity contribution < 1.29 is 9.53 Å². The fourth-order valence-corrected chi connectivity index (χ4v) is 3.25. The zero-order valence-corrected chi connectivity index (χ0v) is 13.6. The van der Waals surface area contributed by atoms with Gasteiger partial charge in [-0.3, -0.25) is 4.79 Å². The van der Waals surface area contributed by atoms with Crippen LogP contribution >= 0.6 is 0 Å². The van der Waals surface area contributed by atoms with E-state index in [0.29, 0.717) is 0 Å². The van der Waals surface area contributed by atoms with Gasteiger partial charge in [0.2, 0.25) is 5.91 Å². The van der Waals surface area contributed by atoms with E-state index >= 15 is 0 Å². The van der Waals surface area contributed by atoms with Gasteiger partial charge in [-0.2, -0.15) is 0 Å². The van der Waals surface area contributed by atoms with E-state index in [-0.39, 0.29) is 17.9 Å². The fourth-order valence-electron chi connectivity index (χ4n) is 3.25. The number of benzene rings is 1. The second-order valence-electron chi connectivity index (χ2n) is 6.19. The van der Waals surface area contributed by atoms with Gasteiger partial charge in [0.05, 0.1) is 19.1 Å². The summed E-state index contributed by atoms with van der Waals surface area (Å²) in [5, 5.41) is 0. The maximum atomic E-state index is 12.4. The molecule has 1 amide bonds. The highest BCUT2D eigenvalue weighted by Gasteiger charge is 2.26. The fraction of sp³-hybridized carbons (Fsp3) is 0.421. The Balaban J connectivity index is 1.66. The van der Waals surface area contributed by atoms with Crippen LogP contribution in [0.4, 0.5) is 0 Å². The third kappa shape index (κ3) is 3.48. The minimum Gasteiger partial charge on any atom is -0.497 e. The number of likely N-dealkylation sites (tertiary alicyclic amines) is 1. The summed E-state index contributed by atoms with van der Waals surface area (Å²) in [5.74, 6) is 1.03. The Morgan fingerprint density at radius 2 is 2.13 bits per heavy atom. The number of hydrogen-bond acceptors (Lipinski definition) is 3. The number of allylic oxidation sites excluding steroid dienone is 1. The molecule has 0 saturated carbocycles. The van der Waals surface area contributed by atoms with Gasteiger partial charge in [0, 0.05) is 13.1 Å². The van der Waals surface area contributed by atoms with Crippen molar-refractivity contribution in [3.05, 3.63) is 53.6 Å². The maximum absolute atomic E-state index is 12.4. The summed E-state index contributed by atoms with van der Waals surface area (Å²) < 4.78 is 5.25. The third-order valence-corrected chi connectivity index (χ3v) is 4.68. The summed E-state index contributed by atoms with van der Waals surface area (Å²) in [4.78, 5) is 14.4. The van der Waals surface area contributed by atoms with Crippen molar-refractivity contribution in [2.45, 2.75) is 25.3 Å². The molecular weight excluding hydrogens is 288 g/mol. The Labute approximate surface area is 137 Å². The number of hydrogen-bond donors (Lipinski definition) is 1. The van der Waals surface area contributed by atoms with Gasteiger partial charge in [-0.1, -0.05) is 30.4 Å². The van der Waals surface area contributed by atoms with Crippen LogP contribution in [0.25, 0.3) is 0 Å². The molecule has 3 rings (SSSR count). The first-order chi connectivity index (χ1) is 11.2. The minimum absolute atomic E-state index is 0.0330. The van der Waals surface area contributed by atoms with Gasteiger partial charge in [-0.25, -0.2) is 0 Å². The van der Waals surface area contributed by atoms with Crippen molar-refractivity contribution in [3.8, 4) is 5.75 Å². The Bertz CT molecular complexity index is 630. The van der Waals surface area contributed by atoms with E-state index in [1.165, 1.54) is 0 Å². The molecule has 4 nitrogen and oxygen atoms in total. The van der Waals surface area contributed by atoms with Gasteiger partial charge in [0.1, 0.15) is 5.75 Å². The second kappa shape index (κ2) is 7.01. The second-order valence-corrected chi connectivity index (χ2v) is 6.19. The van der Waals surface area contributed by atoms with Crippen LogP contribution in [0.3, 0.4) is 0 Å². The van der Waals surface area contributed by atoms with E-state index in [2.05, 4.69) is 6.08 Å². The predicted octanol–water partition coefficient (Wildman–Crippen LogP) is 2.82. The average molecular weight is 312 g/mol. The number of nitrogens with two attached hydrogens (primary N) is 1. The summed E-state index contributed by atoms with van der Waals surface area (Å²) in [6, 6.07) is 7.63. The molecule has 4 heteroatoms. The number of amides is 1. The molecule has 2 aliphatic rings. The maximum Gasteiger partial charge on any atom is 0.229 e. The van der Waals surface area contributed by atoms with Crippen LogP contribution < -0.4 is 10.5 Å². The summed E-state index contributed by atoms with van der Waals surface area (Å²) in [7, 11) is 1.65. The van der Waals surface area contributed by atoms with Crippen molar-refractivity contribution in [3.63, 3.8) is 0 Å². The lowest BCUT2D eigenvalue weighted by Gasteiger charge is -2.24. The molecule has 1 aromatic rings. The summed E-state index contributed by atoms with van der Waals surface area (Å²) in [6.45, 7) is 1.81. The Kier molecular flexibility index (Phi) is 4.82. The van der Waals surface area contributed by atoms with Crippen LogP contribution in [0.5, 0.6) is 5.75 Å². The largest absolute Gasteiger partial charge is 0.497 e. The SMILES string of the molecule is COc1cccc(C(N)C2=CCC(C(=O)N3CCCC3)C=C2)c1.